The number of aryl methyl sites for hydroxylation is 1. The minimum atomic E-state index is -0.139. The van der Waals surface area contributed by atoms with Crippen molar-refractivity contribution in [2.75, 3.05) is 6.61 Å². The van der Waals surface area contributed by atoms with Crippen LogP contribution in [0.25, 0.3) is 10.9 Å². The van der Waals surface area contributed by atoms with Crippen molar-refractivity contribution in [2.24, 2.45) is 0 Å². The standard InChI is InChI=1S/C16H18N4O3S/c1-10(14-17-11(2)19-23-14)24-16-18-13-7-4-3-6-12(13)15(22)20(16)8-5-9-21/h3-4,6-7,10,21H,5,8-9H2,1-2H3. The third kappa shape index (κ3) is 3.34. The van der Waals surface area contributed by atoms with E-state index in [2.05, 4.69) is 15.1 Å². The molecule has 0 radical (unpaired) electrons. The van der Waals surface area contributed by atoms with E-state index in [1.165, 1.54) is 11.8 Å². The summed E-state index contributed by atoms with van der Waals surface area (Å²) in [5.74, 6) is 1.07. The van der Waals surface area contributed by atoms with Gasteiger partial charge in [0.2, 0.25) is 5.89 Å². The van der Waals surface area contributed by atoms with Gasteiger partial charge < -0.3 is 9.63 Å². The number of thioether (sulfide) groups is 1. The zero-order valence-corrected chi connectivity index (χ0v) is 14.3. The van der Waals surface area contributed by atoms with E-state index in [9.17, 15) is 4.79 Å². The second kappa shape index (κ2) is 7.14. The quantitative estimate of drug-likeness (QED) is 0.541. The van der Waals surface area contributed by atoms with Crippen molar-refractivity contribution in [3.05, 3.63) is 46.3 Å². The molecule has 0 aliphatic heterocycles. The van der Waals surface area contributed by atoms with E-state index in [1.807, 2.05) is 25.1 Å². The van der Waals surface area contributed by atoms with Crippen molar-refractivity contribution in [1.82, 2.24) is 19.7 Å². The number of aliphatic hydroxyl groups is 1. The molecule has 0 spiro atoms. The molecule has 2 heterocycles. The van der Waals surface area contributed by atoms with E-state index in [0.717, 1.165) is 0 Å². The number of benzene rings is 1. The van der Waals surface area contributed by atoms with Gasteiger partial charge in [-0.15, -0.1) is 0 Å². The number of aromatic nitrogens is 4. The Morgan fingerprint density at radius 2 is 2.12 bits per heavy atom. The summed E-state index contributed by atoms with van der Waals surface area (Å²) in [4.78, 5) is 21.6. The molecule has 0 aliphatic rings. The van der Waals surface area contributed by atoms with Gasteiger partial charge in [-0.3, -0.25) is 9.36 Å². The Bertz CT molecular complexity index is 906. The molecular weight excluding hydrogens is 328 g/mol. The molecular formula is C16H18N4O3S. The number of aliphatic hydroxyl groups excluding tert-OH is 1. The van der Waals surface area contributed by atoms with Crippen LogP contribution in [0.5, 0.6) is 0 Å². The maximum Gasteiger partial charge on any atom is 0.262 e. The lowest BCUT2D eigenvalue weighted by atomic mass is 10.2. The van der Waals surface area contributed by atoms with Crippen LogP contribution in [0.1, 0.15) is 30.3 Å². The monoisotopic (exact) mass is 346 g/mol. The molecule has 0 fully saturated rings. The van der Waals surface area contributed by atoms with Gasteiger partial charge in [0.15, 0.2) is 11.0 Å². The highest BCUT2D eigenvalue weighted by Crippen LogP contribution is 2.32. The van der Waals surface area contributed by atoms with E-state index in [0.29, 0.717) is 40.7 Å². The van der Waals surface area contributed by atoms with Gasteiger partial charge in [0.1, 0.15) is 0 Å². The molecule has 8 heteroatoms. The highest BCUT2D eigenvalue weighted by Gasteiger charge is 2.19. The number of para-hydroxylation sites is 1. The topological polar surface area (TPSA) is 94.0 Å². The average molecular weight is 346 g/mol. The fraction of sp³-hybridized carbons (Fsp3) is 0.375. The Hall–Kier alpha value is -2.19. The molecule has 24 heavy (non-hydrogen) atoms. The Labute approximate surface area is 142 Å². The summed E-state index contributed by atoms with van der Waals surface area (Å²) in [7, 11) is 0. The van der Waals surface area contributed by atoms with Gasteiger partial charge in [0, 0.05) is 13.2 Å². The fourth-order valence-electron chi connectivity index (χ4n) is 2.35. The molecule has 3 rings (SSSR count). The van der Waals surface area contributed by atoms with E-state index in [4.69, 9.17) is 9.63 Å². The molecule has 3 aromatic rings. The number of hydrogen-bond donors (Lipinski definition) is 1. The van der Waals surface area contributed by atoms with E-state index in [-0.39, 0.29) is 17.4 Å². The summed E-state index contributed by atoms with van der Waals surface area (Å²) in [6.45, 7) is 4.11. The van der Waals surface area contributed by atoms with Crippen molar-refractivity contribution in [3.8, 4) is 0 Å². The predicted octanol–water partition coefficient (Wildman–Crippen LogP) is 2.32. The average Bonchev–Trinajstić information content (AvgIpc) is 3.01. The zero-order valence-electron chi connectivity index (χ0n) is 13.5. The van der Waals surface area contributed by atoms with Gasteiger partial charge in [-0.05, 0) is 32.4 Å². The Morgan fingerprint density at radius 3 is 2.83 bits per heavy atom. The first-order valence-corrected chi connectivity index (χ1v) is 8.55. The van der Waals surface area contributed by atoms with Crippen LogP contribution in [-0.2, 0) is 6.54 Å². The molecule has 1 N–H and O–H groups in total. The van der Waals surface area contributed by atoms with Gasteiger partial charge in [-0.1, -0.05) is 29.1 Å². The molecule has 1 aromatic carbocycles. The van der Waals surface area contributed by atoms with Crippen molar-refractivity contribution in [2.45, 2.75) is 37.2 Å². The minimum Gasteiger partial charge on any atom is -0.396 e. The number of hydrogen-bond acceptors (Lipinski definition) is 7. The van der Waals surface area contributed by atoms with E-state index >= 15 is 0 Å². The largest absolute Gasteiger partial charge is 0.396 e. The van der Waals surface area contributed by atoms with Gasteiger partial charge in [0.25, 0.3) is 5.56 Å². The zero-order chi connectivity index (χ0) is 17.1. The lowest BCUT2D eigenvalue weighted by Gasteiger charge is -2.14. The Balaban J connectivity index is 2.02. The van der Waals surface area contributed by atoms with Crippen molar-refractivity contribution >= 4 is 22.7 Å². The van der Waals surface area contributed by atoms with Crippen LogP contribution in [0.2, 0.25) is 0 Å². The summed E-state index contributed by atoms with van der Waals surface area (Å²) in [5.41, 5.74) is 0.546. The normalized spacial score (nSPS) is 12.6. The van der Waals surface area contributed by atoms with Crippen LogP contribution in [0.15, 0.2) is 38.7 Å². The smallest absolute Gasteiger partial charge is 0.262 e. The lowest BCUT2D eigenvalue weighted by molar-refractivity contribution is 0.276. The van der Waals surface area contributed by atoms with E-state index < -0.39 is 0 Å². The van der Waals surface area contributed by atoms with Gasteiger partial charge in [-0.2, -0.15) is 4.98 Å². The maximum absolute atomic E-state index is 12.8. The molecule has 7 nitrogen and oxygen atoms in total. The Kier molecular flexibility index (Phi) is 4.96. The first kappa shape index (κ1) is 16.7. The summed E-state index contributed by atoms with van der Waals surface area (Å²) < 4.78 is 6.80. The summed E-state index contributed by atoms with van der Waals surface area (Å²) >= 11 is 1.39. The predicted molar refractivity (Wildman–Crippen MR) is 91.0 cm³/mol. The first-order valence-electron chi connectivity index (χ1n) is 7.67. The van der Waals surface area contributed by atoms with Crippen molar-refractivity contribution in [1.29, 1.82) is 0 Å². The molecule has 0 aliphatic carbocycles. The highest BCUT2D eigenvalue weighted by atomic mass is 32.2. The van der Waals surface area contributed by atoms with Gasteiger partial charge in [-0.25, -0.2) is 4.98 Å². The fourth-order valence-corrected chi connectivity index (χ4v) is 3.32. The minimum absolute atomic E-state index is 0.0157. The second-order valence-corrected chi connectivity index (χ2v) is 6.69. The Morgan fingerprint density at radius 1 is 1.33 bits per heavy atom. The summed E-state index contributed by atoms with van der Waals surface area (Å²) in [5, 5.41) is 13.9. The third-order valence-electron chi connectivity index (χ3n) is 3.54. The molecule has 0 saturated heterocycles. The number of fused-ring (bicyclic) bond motifs is 1. The molecule has 2 aromatic heterocycles. The summed E-state index contributed by atoms with van der Waals surface area (Å²) in [6.07, 6.45) is 0.488. The van der Waals surface area contributed by atoms with Gasteiger partial charge >= 0.3 is 0 Å². The van der Waals surface area contributed by atoms with Crippen molar-refractivity contribution < 1.29 is 9.63 Å². The lowest BCUT2D eigenvalue weighted by Crippen LogP contribution is -2.24. The highest BCUT2D eigenvalue weighted by molar-refractivity contribution is 7.99. The molecule has 1 atom stereocenters. The van der Waals surface area contributed by atoms with E-state index in [1.54, 1.807) is 17.6 Å². The van der Waals surface area contributed by atoms with Crippen LogP contribution >= 0.6 is 11.8 Å². The van der Waals surface area contributed by atoms with Crippen LogP contribution in [0.4, 0.5) is 0 Å². The van der Waals surface area contributed by atoms with Crippen LogP contribution in [0, 0.1) is 6.92 Å². The van der Waals surface area contributed by atoms with Gasteiger partial charge in [0.05, 0.1) is 16.2 Å². The van der Waals surface area contributed by atoms with Crippen LogP contribution in [0.3, 0.4) is 0 Å². The first-order chi connectivity index (χ1) is 11.6. The SMILES string of the molecule is Cc1noc(C(C)Sc2nc3ccccc3c(=O)n2CCCO)n1. The molecule has 0 saturated carbocycles. The number of rotatable bonds is 6. The van der Waals surface area contributed by atoms with Crippen LogP contribution < -0.4 is 5.56 Å². The third-order valence-corrected chi connectivity index (χ3v) is 4.62. The molecule has 1 unspecified atom stereocenters. The van der Waals surface area contributed by atoms with Crippen LogP contribution in [-0.4, -0.2) is 31.4 Å². The summed E-state index contributed by atoms with van der Waals surface area (Å²) in [6, 6.07) is 7.25. The van der Waals surface area contributed by atoms with Crippen molar-refractivity contribution in [3.63, 3.8) is 0 Å². The maximum atomic E-state index is 12.8. The molecule has 0 bridgehead atoms. The second-order valence-electron chi connectivity index (χ2n) is 5.39. The molecule has 126 valence electrons. The molecule has 0 amide bonds. The number of nitrogens with zero attached hydrogens (tertiary/aromatic N) is 4.